The van der Waals surface area contributed by atoms with E-state index in [0.717, 1.165) is 0 Å². The molecule has 1 unspecified atom stereocenters. The number of hydrogen-bond acceptors (Lipinski definition) is 5. The molecule has 108 valence electrons. The van der Waals surface area contributed by atoms with Gasteiger partial charge in [-0.3, -0.25) is 0 Å². The molecular weight excluding hydrogens is 304 g/mol. The number of nitriles is 1. The van der Waals surface area contributed by atoms with Crippen molar-refractivity contribution in [2.24, 2.45) is 0 Å². The second-order valence-electron chi connectivity index (χ2n) is 4.60. The van der Waals surface area contributed by atoms with Gasteiger partial charge < -0.3 is 9.84 Å². The monoisotopic (exact) mass is 316 g/mol. The molecule has 0 aromatic heterocycles. The third-order valence-electron chi connectivity index (χ3n) is 3.03. The zero-order valence-corrected chi connectivity index (χ0v) is 12.0. The van der Waals surface area contributed by atoms with Crippen molar-refractivity contribution in [3.63, 3.8) is 0 Å². The molecule has 1 saturated heterocycles. The fourth-order valence-corrected chi connectivity index (χ4v) is 3.39. The lowest BCUT2D eigenvalue weighted by molar-refractivity contribution is 0.0314. The molecule has 6 nitrogen and oxygen atoms in total. The molecule has 1 aliphatic heterocycles. The van der Waals surface area contributed by atoms with Gasteiger partial charge in [0.05, 0.1) is 12.2 Å². The Morgan fingerprint density at radius 3 is 2.90 bits per heavy atom. The van der Waals surface area contributed by atoms with E-state index in [1.54, 1.807) is 6.07 Å². The molecule has 1 aromatic carbocycles. The van der Waals surface area contributed by atoms with Crippen molar-refractivity contribution in [1.29, 1.82) is 5.26 Å². The summed E-state index contributed by atoms with van der Waals surface area (Å²) in [5.41, 5.74) is -1.21. The first-order chi connectivity index (χ1) is 9.36. The summed E-state index contributed by atoms with van der Waals surface area (Å²) >= 11 is 5.76. The molecule has 1 aromatic rings. The minimum absolute atomic E-state index is 0.00318. The molecule has 2 rings (SSSR count). The standard InChI is InChI=1S/C12H13ClN2O4S/c13-10-2-1-9(6-14)11(5-10)20(17,18)15-7-12(16)3-4-19-8-12/h1-2,5,15-16H,3-4,7-8H2. The van der Waals surface area contributed by atoms with Gasteiger partial charge in [0.1, 0.15) is 16.6 Å². The van der Waals surface area contributed by atoms with Gasteiger partial charge in [0.2, 0.25) is 10.0 Å². The second kappa shape index (κ2) is 5.68. The van der Waals surface area contributed by atoms with Crippen LogP contribution in [0.1, 0.15) is 12.0 Å². The Kier molecular flexibility index (Phi) is 4.32. The molecule has 1 heterocycles. The highest BCUT2D eigenvalue weighted by molar-refractivity contribution is 7.89. The molecule has 0 saturated carbocycles. The minimum Gasteiger partial charge on any atom is -0.386 e. The predicted octanol–water partition coefficient (Wildman–Crippen LogP) is 0.641. The van der Waals surface area contributed by atoms with E-state index in [1.165, 1.54) is 18.2 Å². The summed E-state index contributed by atoms with van der Waals surface area (Å²) in [5, 5.41) is 19.2. The molecule has 0 spiro atoms. The SMILES string of the molecule is N#Cc1ccc(Cl)cc1S(=O)(=O)NCC1(O)CCOC1. The van der Waals surface area contributed by atoms with Crippen LogP contribution in [0.2, 0.25) is 5.02 Å². The topological polar surface area (TPSA) is 99.4 Å². The van der Waals surface area contributed by atoms with Crippen LogP contribution in [0.15, 0.2) is 23.1 Å². The number of hydrogen-bond donors (Lipinski definition) is 2. The van der Waals surface area contributed by atoms with Crippen LogP contribution >= 0.6 is 11.6 Å². The fraction of sp³-hybridized carbons (Fsp3) is 0.417. The van der Waals surface area contributed by atoms with Crippen LogP contribution in [0.5, 0.6) is 0 Å². The molecule has 1 atom stereocenters. The maximum Gasteiger partial charge on any atom is 0.242 e. The molecule has 2 N–H and O–H groups in total. The lowest BCUT2D eigenvalue weighted by Gasteiger charge is -2.20. The predicted molar refractivity (Wildman–Crippen MR) is 71.7 cm³/mol. The summed E-state index contributed by atoms with van der Waals surface area (Å²) in [6.45, 7) is 0.293. The van der Waals surface area contributed by atoms with Gasteiger partial charge in [0.25, 0.3) is 0 Å². The maximum atomic E-state index is 12.2. The van der Waals surface area contributed by atoms with Gasteiger partial charge in [-0.15, -0.1) is 0 Å². The molecule has 8 heteroatoms. The number of nitrogens with one attached hydrogen (secondary N) is 1. The number of nitrogens with zero attached hydrogens (tertiary/aromatic N) is 1. The van der Waals surface area contributed by atoms with E-state index >= 15 is 0 Å². The van der Waals surface area contributed by atoms with Crippen LogP contribution in [-0.4, -0.2) is 38.9 Å². The Morgan fingerprint density at radius 1 is 1.55 bits per heavy atom. The summed E-state index contributed by atoms with van der Waals surface area (Å²) in [6.07, 6.45) is 0.357. The van der Waals surface area contributed by atoms with Gasteiger partial charge in [-0.25, -0.2) is 13.1 Å². The Labute approximate surface area is 122 Å². The van der Waals surface area contributed by atoms with Gasteiger partial charge in [-0.1, -0.05) is 11.6 Å². The average molecular weight is 317 g/mol. The maximum absolute atomic E-state index is 12.2. The molecule has 0 radical (unpaired) electrons. The van der Waals surface area contributed by atoms with Crippen LogP contribution in [0.3, 0.4) is 0 Å². The third-order valence-corrected chi connectivity index (χ3v) is 4.70. The fourth-order valence-electron chi connectivity index (χ4n) is 1.85. The van der Waals surface area contributed by atoms with Crippen molar-refractivity contribution in [1.82, 2.24) is 4.72 Å². The number of benzene rings is 1. The van der Waals surface area contributed by atoms with Gasteiger partial charge in [0, 0.05) is 24.6 Å². The normalized spacial score (nSPS) is 22.6. The minimum atomic E-state index is -3.92. The number of sulfonamides is 1. The van der Waals surface area contributed by atoms with Crippen LogP contribution in [-0.2, 0) is 14.8 Å². The zero-order chi connectivity index (χ0) is 14.8. The molecule has 1 aliphatic rings. The molecular formula is C12H13ClN2O4S. The van der Waals surface area contributed by atoms with Crippen LogP contribution in [0.25, 0.3) is 0 Å². The quantitative estimate of drug-likeness (QED) is 0.849. The molecule has 0 amide bonds. The van der Waals surface area contributed by atoms with E-state index in [1.807, 2.05) is 0 Å². The number of aliphatic hydroxyl groups is 1. The Morgan fingerprint density at radius 2 is 2.30 bits per heavy atom. The Balaban J connectivity index is 2.23. The third kappa shape index (κ3) is 3.29. The van der Waals surface area contributed by atoms with E-state index in [2.05, 4.69) is 4.72 Å². The van der Waals surface area contributed by atoms with E-state index in [-0.39, 0.29) is 28.6 Å². The van der Waals surface area contributed by atoms with Crippen LogP contribution < -0.4 is 4.72 Å². The first-order valence-corrected chi connectivity index (χ1v) is 7.72. The largest absolute Gasteiger partial charge is 0.386 e. The smallest absolute Gasteiger partial charge is 0.242 e. The Bertz CT molecular complexity index is 648. The average Bonchev–Trinajstić information content (AvgIpc) is 2.84. The molecule has 1 fully saturated rings. The summed E-state index contributed by atoms with van der Waals surface area (Å²) in [4.78, 5) is -0.199. The summed E-state index contributed by atoms with van der Waals surface area (Å²) in [7, 11) is -3.92. The van der Waals surface area contributed by atoms with E-state index in [4.69, 9.17) is 21.6 Å². The lowest BCUT2D eigenvalue weighted by atomic mass is 10.1. The van der Waals surface area contributed by atoms with Crippen molar-refractivity contribution < 1.29 is 18.3 Å². The van der Waals surface area contributed by atoms with E-state index in [0.29, 0.717) is 13.0 Å². The van der Waals surface area contributed by atoms with Gasteiger partial charge in [-0.2, -0.15) is 5.26 Å². The first kappa shape index (κ1) is 15.2. The summed E-state index contributed by atoms with van der Waals surface area (Å²) < 4.78 is 31.7. The van der Waals surface area contributed by atoms with Crippen molar-refractivity contribution in [2.45, 2.75) is 16.9 Å². The molecule has 0 aliphatic carbocycles. The number of rotatable bonds is 4. The first-order valence-electron chi connectivity index (χ1n) is 5.86. The van der Waals surface area contributed by atoms with Crippen LogP contribution in [0, 0.1) is 11.3 Å². The van der Waals surface area contributed by atoms with Crippen molar-refractivity contribution >= 4 is 21.6 Å². The highest BCUT2D eigenvalue weighted by Gasteiger charge is 2.34. The summed E-state index contributed by atoms with van der Waals surface area (Å²) in [6, 6.07) is 5.79. The second-order valence-corrected chi connectivity index (χ2v) is 6.78. The Hall–Kier alpha value is -1.17. The zero-order valence-electron chi connectivity index (χ0n) is 10.5. The van der Waals surface area contributed by atoms with Crippen LogP contribution in [0.4, 0.5) is 0 Å². The van der Waals surface area contributed by atoms with Gasteiger partial charge in [-0.05, 0) is 18.2 Å². The molecule has 20 heavy (non-hydrogen) atoms. The number of halogens is 1. The lowest BCUT2D eigenvalue weighted by Crippen LogP contribution is -2.43. The molecule has 0 bridgehead atoms. The summed E-state index contributed by atoms with van der Waals surface area (Å²) in [5.74, 6) is 0. The number of ether oxygens (including phenoxy) is 1. The van der Waals surface area contributed by atoms with Crippen molar-refractivity contribution in [3.8, 4) is 6.07 Å². The van der Waals surface area contributed by atoms with Crippen molar-refractivity contribution in [2.75, 3.05) is 19.8 Å². The van der Waals surface area contributed by atoms with E-state index in [9.17, 15) is 13.5 Å². The van der Waals surface area contributed by atoms with E-state index < -0.39 is 15.6 Å². The van der Waals surface area contributed by atoms with Gasteiger partial charge in [0.15, 0.2) is 0 Å². The highest BCUT2D eigenvalue weighted by Crippen LogP contribution is 2.22. The van der Waals surface area contributed by atoms with Gasteiger partial charge >= 0.3 is 0 Å². The highest BCUT2D eigenvalue weighted by atomic mass is 35.5. The van der Waals surface area contributed by atoms with Crippen molar-refractivity contribution in [3.05, 3.63) is 28.8 Å².